The van der Waals surface area contributed by atoms with Crippen LogP contribution >= 0.6 is 0 Å². The third-order valence-corrected chi connectivity index (χ3v) is 3.49. The molecule has 2 amide bonds. The maximum absolute atomic E-state index is 12.6. The van der Waals surface area contributed by atoms with E-state index in [2.05, 4.69) is 10.6 Å². The Morgan fingerprint density at radius 2 is 1.95 bits per heavy atom. The first-order valence-electron chi connectivity index (χ1n) is 6.79. The molecule has 7 heteroatoms. The van der Waals surface area contributed by atoms with E-state index in [0.29, 0.717) is 12.8 Å². The predicted molar refractivity (Wildman–Crippen MR) is 71.9 cm³/mol. The van der Waals surface area contributed by atoms with Crippen molar-refractivity contribution in [2.45, 2.75) is 44.0 Å². The van der Waals surface area contributed by atoms with E-state index in [4.69, 9.17) is 0 Å². The molecule has 2 atom stereocenters. The number of alkyl halides is 3. The van der Waals surface area contributed by atoms with Crippen molar-refractivity contribution >= 4 is 11.7 Å². The summed E-state index contributed by atoms with van der Waals surface area (Å²) in [7, 11) is 0. The molecular weight excluding hydrogens is 285 g/mol. The maximum atomic E-state index is 12.6. The molecule has 0 unspecified atom stereocenters. The molecule has 1 aromatic carbocycles. The Balaban J connectivity index is 1.96. The second kappa shape index (κ2) is 6.34. The van der Waals surface area contributed by atoms with Crippen LogP contribution in [0.1, 0.15) is 31.2 Å². The summed E-state index contributed by atoms with van der Waals surface area (Å²) in [6.45, 7) is 0. The van der Waals surface area contributed by atoms with Gasteiger partial charge in [-0.25, -0.2) is 4.79 Å². The lowest BCUT2D eigenvalue weighted by atomic mass is 9.93. The number of urea groups is 1. The van der Waals surface area contributed by atoms with Crippen LogP contribution in [0, 0.1) is 0 Å². The number of aliphatic hydroxyl groups is 1. The van der Waals surface area contributed by atoms with Crippen LogP contribution in [-0.4, -0.2) is 23.3 Å². The quantitative estimate of drug-likeness (QED) is 0.786. The van der Waals surface area contributed by atoms with E-state index in [1.807, 2.05) is 0 Å². The van der Waals surface area contributed by atoms with Gasteiger partial charge in [0, 0.05) is 5.69 Å². The molecule has 0 radical (unpaired) electrons. The third-order valence-electron chi connectivity index (χ3n) is 3.49. The van der Waals surface area contributed by atoms with Crippen molar-refractivity contribution in [2.24, 2.45) is 0 Å². The number of carbonyl (C=O) groups is 1. The summed E-state index contributed by atoms with van der Waals surface area (Å²) in [5.41, 5.74) is -0.759. The molecule has 3 N–H and O–H groups in total. The van der Waals surface area contributed by atoms with E-state index >= 15 is 0 Å². The van der Waals surface area contributed by atoms with E-state index in [9.17, 15) is 23.1 Å². The number of carbonyl (C=O) groups excluding carboxylic acids is 1. The number of amides is 2. The minimum Gasteiger partial charge on any atom is -0.391 e. The number of anilines is 1. The van der Waals surface area contributed by atoms with Crippen LogP contribution in [0.5, 0.6) is 0 Å². The smallest absolute Gasteiger partial charge is 0.391 e. The number of hydrogen-bond donors (Lipinski definition) is 3. The van der Waals surface area contributed by atoms with Crippen molar-refractivity contribution in [1.29, 1.82) is 0 Å². The minimum atomic E-state index is -4.45. The molecule has 0 aliphatic heterocycles. The SMILES string of the molecule is O=C(Nc1cccc(C(F)(F)F)c1)N[C@@H]1CCCC[C@@H]1O. The van der Waals surface area contributed by atoms with Gasteiger partial charge in [0.05, 0.1) is 17.7 Å². The average Bonchev–Trinajstić information content (AvgIpc) is 2.41. The Morgan fingerprint density at radius 1 is 1.24 bits per heavy atom. The van der Waals surface area contributed by atoms with E-state index in [-0.39, 0.29) is 11.7 Å². The predicted octanol–water partition coefficient (Wildman–Crippen LogP) is 3.13. The lowest BCUT2D eigenvalue weighted by Gasteiger charge is -2.28. The lowest BCUT2D eigenvalue weighted by molar-refractivity contribution is -0.137. The summed E-state index contributed by atoms with van der Waals surface area (Å²) in [5.74, 6) is 0. The second-order valence-corrected chi connectivity index (χ2v) is 5.14. The molecule has 0 saturated heterocycles. The van der Waals surface area contributed by atoms with Gasteiger partial charge in [0.25, 0.3) is 0 Å². The van der Waals surface area contributed by atoms with E-state index in [0.717, 1.165) is 25.0 Å². The molecule has 116 valence electrons. The number of nitrogens with one attached hydrogen (secondary N) is 2. The fourth-order valence-electron chi connectivity index (χ4n) is 2.39. The zero-order valence-corrected chi connectivity index (χ0v) is 11.3. The van der Waals surface area contributed by atoms with Gasteiger partial charge in [-0.15, -0.1) is 0 Å². The molecule has 4 nitrogen and oxygen atoms in total. The summed E-state index contributed by atoms with van der Waals surface area (Å²) >= 11 is 0. The molecule has 2 rings (SSSR count). The van der Waals surface area contributed by atoms with Crippen LogP contribution < -0.4 is 10.6 Å². The molecule has 1 saturated carbocycles. The summed E-state index contributed by atoms with van der Waals surface area (Å²) < 4.78 is 37.7. The first-order valence-corrected chi connectivity index (χ1v) is 6.79. The van der Waals surface area contributed by atoms with Crippen LogP contribution in [0.15, 0.2) is 24.3 Å². The molecule has 0 heterocycles. The Labute approximate surface area is 120 Å². The highest BCUT2D eigenvalue weighted by Gasteiger charge is 2.30. The maximum Gasteiger partial charge on any atom is 0.416 e. The van der Waals surface area contributed by atoms with Crippen molar-refractivity contribution < 1.29 is 23.1 Å². The van der Waals surface area contributed by atoms with Crippen molar-refractivity contribution in [3.8, 4) is 0 Å². The van der Waals surface area contributed by atoms with Gasteiger partial charge in [-0.3, -0.25) is 0 Å². The molecule has 1 fully saturated rings. The minimum absolute atomic E-state index is 0.0626. The molecule has 1 aliphatic rings. The Bertz CT molecular complexity index is 505. The van der Waals surface area contributed by atoms with E-state index in [1.54, 1.807) is 0 Å². The summed E-state index contributed by atoms with van der Waals surface area (Å²) in [6.07, 6.45) is -1.95. The van der Waals surface area contributed by atoms with Gasteiger partial charge in [-0.05, 0) is 31.0 Å². The molecule has 0 spiro atoms. The Hall–Kier alpha value is -1.76. The molecule has 1 aliphatic carbocycles. The number of aliphatic hydroxyl groups excluding tert-OH is 1. The summed E-state index contributed by atoms with van der Waals surface area (Å²) in [5, 5.41) is 14.7. The molecular formula is C14H17F3N2O2. The van der Waals surface area contributed by atoms with Gasteiger partial charge >= 0.3 is 12.2 Å². The van der Waals surface area contributed by atoms with Crippen LogP contribution in [0.3, 0.4) is 0 Å². The fraction of sp³-hybridized carbons (Fsp3) is 0.500. The Kier molecular flexibility index (Phi) is 4.72. The van der Waals surface area contributed by atoms with Gasteiger partial charge in [0.1, 0.15) is 0 Å². The van der Waals surface area contributed by atoms with Gasteiger partial charge in [0.15, 0.2) is 0 Å². The van der Waals surface area contributed by atoms with Crippen molar-refractivity contribution in [2.75, 3.05) is 5.32 Å². The molecule has 0 aromatic heterocycles. The zero-order chi connectivity index (χ0) is 15.5. The van der Waals surface area contributed by atoms with E-state index in [1.165, 1.54) is 12.1 Å². The van der Waals surface area contributed by atoms with Crippen molar-refractivity contribution in [1.82, 2.24) is 5.32 Å². The van der Waals surface area contributed by atoms with Gasteiger partial charge < -0.3 is 15.7 Å². The van der Waals surface area contributed by atoms with Crippen LogP contribution in [0.4, 0.5) is 23.7 Å². The van der Waals surface area contributed by atoms with Crippen molar-refractivity contribution in [3.63, 3.8) is 0 Å². The average molecular weight is 302 g/mol. The highest BCUT2D eigenvalue weighted by atomic mass is 19.4. The number of halogens is 3. The second-order valence-electron chi connectivity index (χ2n) is 5.14. The first-order chi connectivity index (χ1) is 9.86. The number of benzene rings is 1. The summed E-state index contributed by atoms with van der Waals surface area (Å²) in [6, 6.07) is 3.45. The largest absolute Gasteiger partial charge is 0.416 e. The zero-order valence-electron chi connectivity index (χ0n) is 11.3. The van der Waals surface area contributed by atoms with Crippen LogP contribution in [0.2, 0.25) is 0 Å². The number of rotatable bonds is 2. The van der Waals surface area contributed by atoms with E-state index < -0.39 is 23.9 Å². The van der Waals surface area contributed by atoms with Crippen LogP contribution in [0.25, 0.3) is 0 Å². The number of hydrogen-bond acceptors (Lipinski definition) is 2. The lowest BCUT2D eigenvalue weighted by Crippen LogP contribution is -2.46. The molecule has 21 heavy (non-hydrogen) atoms. The van der Waals surface area contributed by atoms with Crippen LogP contribution in [-0.2, 0) is 6.18 Å². The molecule has 1 aromatic rings. The van der Waals surface area contributed by atoms with Gasteiger partial charge in [-0.1, -0.05) is 18.9 Å². The van der Waals surface area contributed by atoms with Crippen molar-refractivity contribution in [3.05, 3.63) is 29.8 Å². The highest BCUT2D eigenvalue weighted by Crippen LogP contribution is 2.30. The standard InChI is InChI=1S/C14H17F3N2O2/c15-14(16,17)9-4-3-5-10(8-9)18-13(21)19-11-6-1-2-7-12(11)20/h3-5,8,11-12,20H,1-2,6-7H2,(H2,18,19,21)/t11-,12+/m1/s1. The topological polar surface area (TPSA) is 61.4 Å². The fourth-order valence-corrected chi connectivity index (χ4v) is 2.39. The van der Waals surface area contributed by atoms with Gasteiger partial charge in [-0.2, -0.15) is 13.2 Å². The monoisotopic (exact) mass is 302 g/mol. The molecule has 0 bridgehead atoms. The summed E-state index contributed by atoms with van der Waals surface area (Å²) in [4.78, 5) is 11.8. The third kappa shape index (κ3) is 4.35. The Morgan fingerprint density at radius 3 is 2.62 bits per heavy atom. The first kappa shape index (κ1) is 15.6. The van der Waals surface area contributed by atoms with Gasteiger partial charge in [0.2, 0.25) is 0 Å². The normalized spacial score (nSPS) is 22.7. The highest BCUT2D eigenvalue weighted by molar-refractivity contribution is 5.89.